The second-order valence-electron chi connectivity index (χ2n) is 3.44. The van der Waals surface area contributed by atoms with Gasteiger partial charge in [-0.3, -0.25) is 0 Å². The molecule has 2 heteroatoms. The average Bonchev–Trinajstić information content (AvgIpc) is 2.30. The molecule has 74 valence electrons. The monoisotopic (exact) mass is 272 g/mol. The van der Waals surface area contributed by atoms with Crippen molar-refractivity contribution in [1.29, 1.82) is 0 Å². The van der Waals surface area contributed by atoms with Gasteiger partial charge in [0.05, 0.1) is 0 Å². The second-order valence-corrected chi connectivity index (χ2v) is 6.14. The number of hydrogen-bond donors (Lipinski definition) is 0. The van der Waals surface area contributed by atoms with Crippen molar-refractivity contribution in [1.82, 2.24) is 0 Å². The van der Waals surface area contributed by atoms with E-state index in [0.717, 1.165) is 20.0 Å². The number of benzene rings is 1. The van der Waals surface area contributed by atoms with Gasteiger partial charge < -0.3 is 0 Å². The maximum absolute atomic E-state index is 6.37. The van der Waals surface area contributed by atoms with Gasteiger partial charge in [-0.05, 0) is 0 Å². The summed E-state index contributed by atoms with van der Waals surface area (Å²) in [5.74, 6) is 0. The van der Waals surface area contributed by atoms with Crippen molar-refractivity contribution in [3.63, 3.8) is 0 Å². The molecule has 1 fully saturated rings. The van der Waals surface area contributed by atoms with Crippen LogP contribution in [0.1, 0.15) is 18.4 Å². The summed E-state index contributed by atoms with van der Waals surface area (Å²) in [6.07, 6.45) is 2.54. The third-order valence-corrected chi connectivity index (χ3v) is 5.24. The molecule has 1 heterocycles. The molecule has 0 nitrogen and oxygen atoms in total. The van der Waals surface area contributed by atoms with Gasteiger partial charge in [-0.2, -0.15) is 0 Å². The number of rotatable bonds is 1. The van der Waals surface area contributed by atoms with E-state index in [1.54, 1.807) is 0 Å². The minimum absolute atomic E-state index is 0.794. The molecule has 0 spiro atoms. The van der Waals surface area contributed by atoms with Gasteiger partial charge >= 0.3 is 96.5 Å². The molecule has 1 aromatic rings. The van der Waals surface area contributed by atoms with Crippen molar-refractivity contribution >= 4 is 31.6 Å². The van der Waals surface area contributed by atoms with Gasteiger partial charge in [0, 0.05) is 0 Å². The molecule has 1 aliphatic heterocycles. The zero-order valence-electron chi connectivity index (χ0n) is 8.00. The summed E-state index contributed by atoms with van der Waals surface area (Å²) in [4.78, 5) is 0. The molecular weight excluding hydrogens is 259 g/mol. The molecule has 0 saturated carbocycles. The van der Waals surface area contributed by atoms with E-state index in [9.17, 15) is 0 Å². The SMILES string of the molecule is Cl/C(=C1\CCC[Se]C1)c1ccccc1. The van der Waals surface area contributed by atoms with Crippen molar-refractivity contribution in [3.8, 4) is 0 Å². The van der Waals surface area contributed by atoms with Gasteiger partial charge in [-0.25, -0.2) is 0 Å². The molecule has 0 aliphatic carbocycles. The molecule has 0 unspecified atom stereocenters. The standard InChI is InChI=1S/C12H13ClSe/c13-12(10-5-2-1-3-6-10)11-7-4-8-14-9-11/h1-3,5-6H,4,7-9H2/b12-11+. The first kappa shape index (κ1) is 10.3. The Labute approximate surface area is 96.5 Å². The van der Waals surface area contributed by atoms with Gasteiger partial charge in [0.1, 0.15) is 0 Å². The fraction of sp³-hybridized carbons (Fsp3) is 0.333. The molecule has 0 atom stereocenters. The first-order valence-corrected chi connectivity index (χ1v) is 7.68. The van der Waals surface area contributed by atoms with E-state index in [-0.39, 0.29) is 0 Å². The Hall–Kier alpha value is -0.231. The van der Waals surface area contributed by atoms with Gasteiger partial charge in [0.25, 0.3) is 0 Å². The summed E-state index contributed by atoms with van der Waals surface area (Å²) < 4.78 is 0. The predicted molar refractivity (Wildman–Crippen MR) is 63.8 cm³/mol. The van der Waals surface area contributed by atoms with Gasteiger partial charge in [0.15, 0.2) is 0 Å². The first-order chi connectivity index (χ1) is 6.88. The summed E-state index contributed by atoms with van der Waals surface area (Å²) in [7, 11) is 0. The van der Waals surface area contributed by atoms with Crippen LogP contribution >= 0.6 is 11.6 Å². The Bertz CT molecular complexity index is 321. The topological polar surface area (TPSA) is 0 Å². The third kappa shape index (κ3) is 2.42. The van der Waals surface area contributed by atoms with Gasteiger partial charge in [-0.15, -0.1) is 0 Å². The van der Waals surface area contributed by atoms with Crippen molar-refractivity contribution < 1.29 is 0 Å². The predicted octanol–water partition coefficient (Wildman–Crippen LogP) is 3.97. The Morgan fingerprint density at radius 3 is 2.64 bits per heavy atom. The van der Waals surface area contributed by atoms with Crippen LogP contribution in [0.15, 0.2) is 35.9 Å². The molecule has 1 saturated heterocycles. The second kappa shape index (κ2) is 5.02. The van der Waals surface area contributed by atoms with Crippen LogP contribution in [0.5, 0.6) is 0 Å². The van der Waals surface area contributed by atoms with E-state index >= 15 is 0 Å². The fourth-order valence-electron chi connectivity index (χ4n) is 1.62. The van der Waals surface area contributed by atoms with Crippen LogP contribution in [-0.2, 0) is 0 Å². The molecule has 0 N–H and O–H groups in total. The molecule has 1 aliphatic rings. The van der Waals surface area contributed by atoms with E-state index in [1.165, 1.54) is 34.6 Å². The van der Waals surface area contributed by atoms with Gasteiger partial charge in [0.2, 0.25) is 0 Å². The van der Waals surface area contributed by atoms with Crippen LogP contribution in [-0.4, -0.2) is 15.0 Å². The van der Waals surface area contributed by atoms with Crippen molar-refractivity contribution in [3.05, 3.63) is 41.5 Å². The number of halogens is 1. The molecule has 1 aromatic carbocycles. The van der Waals surface area contributed by atoms with E-state index in [2.05, 4.69) is 12.1 Å². The van der Waals surface area contributed by atoms with Crippen LogP contribution in [0, 0.1) is 0 Å². The van der Waals surface area contributed by atoms with Crippen molar-refractivity contribution in [2.24, 2.45) is 0 Å². The summed E-state index contributed by atoms with van der Waals surface area (Å²) in [5, 5.41) is 3.68. The van der Waals surface area contributed by atoms with E-state index in [1.807, 2.05) is 18.2 Å². The molecule has 0 aromatic heterocycles. The summed E-state index contributed by atoms with van der Waals surface area (Å²) >= 11 is 7.17. The van der Waals surface area contributed by atoms with E-state index in [0.29, 0.717) is 0 Å². The van der Waals surface area contributed by atoms with E-state index < -0.39 is 0 Å². The summed E-state index contributed by atoms with van der Waals surface area (Å²) in [6, 6.07) is 10.3. The molecule has 2 rings (SSSR count). The van der Waals surface area contributed by atoms with E-state index in [4.69, 9.17) is 11.6 Å². The summed E-state index contributed by atoms with van der Waals surface area (Å²) in [5.41, 5.74) is 2.66. The number of hydrogen-bond acceptors (Lipinski definition) is 0. The van der Waals surface area contributed by atoms with Crippen LogP contribution in [0.4, 0.5) is 0 Å². The average molecular weight is 272 g/mol. The molecular formula is C12H13ClSe. The van der Waals surface area contributed by atoms with Crippen LogP contribution in [0.3, 0.4) is 0 Å². The summed E-state index contributed by atoms with van der Waals surface area (Å²) in [6.45, 7) is 0. The van der Waals surface area contributed by atoms with Crippen molar-refractivity contribution in [2.75, 3.05) is 0 Å². The zero-order valence-corrected chi connectivity index (χ0v) is 10.5. The number of allylic oxidation sites excluding steroid dienone is 1. The Morgan fingerprint density at radius 2 is 2.00 bits per heavy atom. The van der Waals surface area contributed by atoms with Crippen LogP contribution in [0.25, 0.3) is 5.03 Å². The Kier molecular flexibility index (Phi) is 3.69. The van der Waals surface area contributed by atoms with Crippen molar-refractivity contribution in [2.45, 2.75) is 23.5 Å². The third-order valence-electron chi connectivity index (χ3n) is 2.38. The quantitative estimate of drug-likeness (QED) is 0.678. The van der Waals surface area contributed by atoms with Crippen LogP contribution < -0.4 is 0 Å². The maximum atomic E-state index is 6.37. The normalized spacial score (nSPS) is 20.6. The zero-order chi connectivity index (χ0) is 9.80. The Morgan fingerprint density at radius 1 is 1.21 bits per heavy atom. The molecule has 0 radical (unpaired) electrons. The first-order valence-electron chi connectivity index (χ1n) is 4.88. The fourth-order valence-corrected chi connectivity index (χ4v) is 4.24. The van der Waals surface area contributed by atoms with Crippen LogP contribution in [0.2, 0.25) is 10.6 Å². The molecule has 14 heavy (non-hydrogen) atoms. The minimum atomic E-state index is 0.794. The molecule has 0 amide bonds. The molecule has 0 bridgehead atoms. The Balaban J connectivity index is 2.25. The van der Waals surface area contributed by atoms with Gasteiger partial charge in [-0.1, -0.05) is 0 Å².